The van der Waals surface area contributed by atoms with Crippen molar-refractivity contribution in [3.8, 4) is 0 Å². The van der Waals surface area contributed by atoms with Crippen LogP contribution in [0.2, 0.25) is 0 Å². The summed E-state index contributed by atoms with van der Waals surface area (Å²) in [5, 5.41) is 0.834. The summed E-state index contributed by atoms with van der Waals surface area (Å²) < 4.78 is 5.36. The first-order valence-electron chi connectivity index (χ1n) is 8.11. The number of nitrogens with zero attached hydrogens (tertiary/aromatic N) is 3. The molecule has 6 heteroatoms. The van der Waals surface area contributed by atoms with E-state index in [-0.39, 0.29) is 5.91 Å². The lowest BCUT2D eigenvalue weighted by atomic mass is 10.2. The molecule has 0 atom stereocenters. The van der Waals surface area contributed by atoms with E-state index < -0.39 is 0 Å². The summed E-state index contributed by atoms with van der Waals surface area (Å²) in [6, 6.07) is 8.09. The number of hydrogen-bond acceptors (Lipinski definition) is 5. The Bertz CT molecular complexity index is 568. The van der Waals surface area contributed by atoms with Crippen LogP contribution in [0.3, 0.4) is 0 Å². The Kier molecular flexibility index (Phi) is 5.70. The van der Waals surface area contributed by atoms with E-state index in [0.717, 1.165) is 56.7 Å². The standard InChI is InChI=1S/C17H23N3O2S/c1-14-3-5-15(6-4-14)18-17-20(16(21)13-23-17)8-2-7-19-9-11-22-12-10-19/h3-6H,2,7-13H2,1H3. The Morgan fingerprint density at radius 1 is 1.17 bits per heavy atom. The van der Waals surface area contributed by atoms with Crippen LogP contribution < -0.4 is 0 Å². The first-order chi connectivity index (χ1) is 11.2. The van der Waals surface area contributed by atoms with Gasteiger partial charge in [-0.2, -0.15) is 0 Å². The first kappa shape index (κ1) is 16.5. The van der Waals surface area contributed by atoms with E-state index >= 15 is 0 Å². The molecule has 23 heavy (non-hydrogen) atoms. The molecule has 0 saturated carbocycles. The summed E-state index contributed by atoms with van der Waals surface area (Å²) in [5.74, 6) is 0.672. The highest BCUT2D eigenvalue weighted by Crippen LogP contribution is 2.24. The van der Waals surface area contributed by atoms with Gasteiger partial charge in [0.1, 0.15) is 0 Å². The molecule has 1 amide bonds. The van der Waals surface area contributed by atoms with Crippen molar-refractivity contribution in [2.45, 2.75) is 13.3 Å². The number of amidine groups is 1. The lowest BCUT2D eigenvalue weighted by Gasteiger charge is -2.27. The highest BCUT2D eigenvalue weighted by molar-refractivity contribution is 8.15. The van der Waals surface area contributed by atoms with Gasteiger partial charge < -0.3 is 4.74 Å². The predicted octanol–water partition coefficient (Wildman–Crippen LogP) is 2.28. The van der Waals surface area contributed by atoms with Gasteiger partial charge in [-0.25, -0.2) is 4.99 Å². The van der Waals surface area contributed by atoms with Crippen LogP contribution in [0.1, 0.15) is 12.0 Å². The number of rotatable bonds is 5. The first-order valence-corrected chi connectivity index (χ1v) is 9.09. The number of ether oxygens (including phenoxy) is 1. The molecular formula is C17H23N3O2S. The minimum atomic E-state index is 0.169. The maximum atomic E-state index is 12.1. The summed E-state index contributed by atoms with van der Waals surface area (Å²) in [5.41, 5.74) is 2.12. The number of thioether (sulfide) groups is 1. The number of amides is 1. The number of morpholine rings is 1. The van der Waals surface area contributed by atoms with Crippen molar-refractivity contribution in [1.82, 2.24) is 9.80 Å². The molecule has 5 nitrogen and oxygen atoms in total. The molecule has 0 aliphatic carbocycles. The lowest BCUT2D eigenvalue weighted by Crippen LogP contribution is -2.39. The van der Waals surface area contributed by atoms with Gasteiger partial charge >= 0.3 is 0 Å². The third-order valence-corrected chi connectivity index (χ3v) is 5.04. The third-order valence-electron chi connectivity index (χ3n) is 4.08. The van der Waals surface area contributed by atoms with Crippen molar-refractivity contribution in [2.24, 2.45) is 4.99 Å². The van der Waals surface area contributed by atoms with Crippen molar-refractivity contribution < 1.29 is 9.53 Å². The van der Waals surface area contributed by atoms with Gasteiger partial charge in [-0.05, 0) is 25.5 Å². The summed E-state index contributed by atoms with van der Waals surface area (Å²) >= 11 is 1.54. The lowest BCUT2D eigenvalue weighted by molar-refractivity contribution is -0.124. The van der Waals surface area contributed by atoms with Gasteiger partial charge in [-0.3, -0.25) is 14.6 Å². The second-order valence-electron chi connectivity index (χ2n) is 5.87. The number of carbonyl (C=O) groups excluding carboxylic acids is 1. The van der Waals surface area contributed by atoms with E-state index in [1.165, 1.54) is 17.3 Å². The fourth-order valence-corrected chi connectivity index (χ4v) is 3.64. The molecule has 0 bridgehead atoms. The van der Waals surface area contributed by atoms with Crippen LogP contribution in [0.4, 0.5) is 5.69 Å². The van der Waals surface area contributed by atoms with Crippen LogP contribution in [0.25, 0.3) is 0 Å². The highest BCUT2D eigenvalue weighted by atomic mass is 32.2. The Balaban J connectivity index is 1.57. The molecule has 1 aromatic carbocycles. The van der Waals surface area contributed by atoms with E-state index in [9.17, 15) is 4.79 Å². The number of carbonyl (C=O) groups is 1. The minimum absolute atomic E-state index is 0.169. The van der Waals surface area contributed by atoms with Gasteiger partial charge in [0, 0.05) is 26.2 Å². The molecule has 0 spiro atoms. The molecule has 0 aromatic heterocycles. The minimum Gasteiger partial charge on any atom is -0.379 e. The molecule has 2 saturated heterocycles. The van der Waals surface area contributed by atoms with Gasteiger partial charge in [-0.1, -0.05) is 29.5 Å². The quantitative estimate of drug-likeness (QED) is 0.829. The number of benzene rings is 1. The monoisotopic (exact) mass is 333 g/mol. The van der Waals surface area contributed by atoms with E-state index in [4.69, 9.17) is 4.74 Å². The van der Waals surface area contributed by atoms with Gasteiger partial charge in [0.15, 0.2) is 5.17 Å². The van der Waals surface area contributed by atoms with Crippen molar-refractivity contribution in [1.29, 1.82) is 0 Å². The Morgan fingerprint density at radius 2 is 1.91 bits per heavy atom. The number of hydrogen-bond donors (Lipinski definition) is 0. The Labute approximate surface area is 141 Å². The largest absolute Gasteiger partial charge is 0.379 e. The molecule has 0 N–H and O–H groups in total. The van der Waals surface area contributed by atoms with Crippen LogP contribution in [0.5, 0.6) is 0 Å². The zero-order chi connectivity index (χ0) is 16.1. The van der Waals surface area contributed by atoms with Gasteiger partial charge in [0.2, 0.25) is 5.91 Å². The van der Waals surface area contributed by atoms with Crippen molar-refractivity contribution in [3.63, 3.8) is 0 Å². The van der Waals surface area contributed by atoms with E-state index in [2.05, 4.69) is 16.8 Å². The average Bonchev–Trinajstić information content (AvgIpc) is 2.91. The fourth-order valence-electron chi connectivity index (χ4n) is 2.71. The second-order valence-corrected chi connectivity index (χ2v) is 6.81. The van der Waals surface area contributed by atoms with Crippen molar-refractivity contribution >= 4 is 28.5 Å². The van der Waals surface area contributed by atoms with Crippen molar-refractivity contribution in [2.75, 3.05) is 45.1 Å². The third kappa shape index (κ3) is 4.56. The number of aliphatic imine (C=N–C) groups is 1. The smallest absolute Gasteiger partial charge is 0.239 e. The summed E-state index contributed by atoms with van der Waals surface area (Å²) in [6.07, 6.45) is 0.971. The molecule has 2 heterocycles. The molecule has 2 aliphatic heterocycles. The van der Waals surface area contributed by atoms with Crippen LogP contribution in [-0.2, 0) is 9.53 Å². The summed E-state index contributed by atoms with van der Waals surface area (Å²) in [7, 11) is 0. The Morgan fingerprint density at radius 3 is 2.65 bits per heavy atom. The summed E-state index contributed by atoms with van der Waals surface area (Å²) in [4.78, 5) is 21.0. The normalized spacial score (nSPS) is 21.3. The van der Waals surface area contributed by atoms with E-state index in [1.54, 1.807) is 0 Å². The zero-order valence-corrected chi connectivity index (χ0v) is 14.3. The molecule has 0 radical (unpaired) electrons. The number of aryl methyl sites for hydroxylation is 1. The SMILES string of the molecule is Cc1ccc(N=C2SCC(=O)N2CCCN2CCOCC2)cc1. The molecule has 1 aromatic rings. The highest BCUT2D eigenvalue weighted by Gasteiger charge is 2.27. The summed E-state index contributed by atoms with van der Waals surface area (Å²) in [6.45, 7) is 7.43. The topological polar surface area (TPSA) is 45.1 Å². The van der Waals surface area contributed by atoms with E-state index in [1.807, 2.05) is 29.2 Å². The molecular weight excluding hydrogens is 310 g/mol. The van der Waals surface area contributed by atoms with Gasteiger partial charge in [0.05, 0.1) is 24.7 Å². The van der Waals surface area contributed by atoms with E-state index in [0.29, 0.717) is 5.75 Å². The van der Waals surface area contributed by atoms with Crippen molar-refractivity contribution in [3.05, 3.63) is 29.8 Å². The van der Waals surface area contributed by atoms with Gasteiger partial charge in [-0.15, -0.1) is 0 Å². The molecule has 0 unspecified atom stereocenters. The molecule has 2 fully saturated rings. The van der Waals surface area contributed by atoms with Crippen LogP contribution >= 0.6 is 11.8 Å². The fraction of sp³-hybridized carbons (Fsp3) is 0.529. The second kappa shape index (κ2) is 7.95. The van der Waals surface area contributed by atoms with Crippen LogP contribution in [0.15, 0.2) is 29.3 Å². The maximum absolute atomic E-state index is 12.1. The zero-order valence-electron chi connectivity index (χ0n) is 13.5. The Hall–Kier alpha value is -1.37. The average molecular weight is 333 g/mol. The molecule has 2 aliphatic rings. The van der Waals surface area contributed by atoms with Crippen LogP contribution in [-0.4, -0.2) is 66.0 Å². The predicted molar refractivity (Wildman–Crippen MR) is 94.3 cm³/mol. The maximum Gasteiger partial charge on any atom is 0.239 e. The van der Waals surface area contributed by atoms with Gasteiger partial charge in [0.25, 0.3) is 0 Å². The molecule has 124 valence electrons. The van der Waals surface area contributed by atoms with Crippen LogP contribution in [0, 0.1) is 6.92 Å². The molecule has 3 rings (SSSR count).